The van der Waals surface area contributed by atoms with Crippen molar-refractivity contribution in [3.63, 3.8) is 0 Å². The fourth-order valence-electron chi connectivity index (χ4n) is 5.02. The summed E-state index contributed by atoms with van der Waals surface area (Å²) in [5.41, 5.74) is 0.529. The standard InChI is InChI=1S/C25H42N4O6S/c1-19-15-22(33-5)16-23(34-6)25(19)36(31,32)27(3)13-14-35-18-24(30)28(4)21-9-12-29(17-21)20-7-10-26(2)11-8-20/h15-16,20-21H,7-14,17-18H2,1-6H3/t21-/m1/s1. The second-order valence-electron chi connectivity index (χ2n) is 9.83. The summed E-state index contributed by atoms with van der Waals surface area (Å²) in [6.45, 7) is 6.04. The highest BCUT2D eigenvalue weighted by Crippen LogP contribution is 2.33. The highest BCUT2D eigenvalue weighted by Gasteiger charge is 2.33. The zero-order valence-corrected chi connectivity index (χ0v) is 23.3. The van der Waals surface area contributed by atoms with Gasteiger partial charge in [0, 0.05) is 51.9 Å². The number of rotatable bonds is 11. The minimum absolute atomic E-state index is 0.0694. The topological polar surface area (TPSA) is 91.9 Å². The molecule has 0 bridgehead atoms. The van der Waals surface area contributed by atoms with Gasteiger partial charge in [-0.05, 0) is 58.0 Å². The molecule has 10 nitrogen and oxygen atoms in total. The van der Waals surface area contributed by atoms with Crippen molar-refractivity contribution in [3.8, 4) is 11.5 Å². The summed E-state index contributed by atoms with van der Waals surface area (Å²) in [4.78, 5) is 19.5. The highest BCUT2D eigenvalue weighted by molar-refractivity contribution is 7.89. The Labute approximate surface area is 216 Å². The van der Waals surface area contributed by atoms with E-state index in [9.17, 15) is 13.2 Å². The van der Waals surface area contributed by atoms with Gasteiger partial charge in [-0.1, -0.05) is 0 Å². The smallest absolute Gasteiger partial charge is 0.248 e. The Morgan fingerprint density at radius 3 is 2.42 bits per heavy atom. The maximum absolute atomic E-state index is 13.2. The van der Waals surface area contributed by atoms with E-state index in [-0.39, 0.29) is 42.4 Å². The Morgan fingerprint density at radius 1 is 1.08 bits per heavy atom. The van der Waals surface area contributed by atoms with Crippen LogP contribution in [0.5, 0.6) is 11.5 Å². The molecule has 0 spiro atoms. The molecule has 0 aliphatic carbocycles. The maximum atomic E-state index is 13.2. The number of likely N-dealkylation sites (tertiary alicyclic amines) is 2. The number of piperidine rings is 1. The van der Waals surface area contributed by atoms with Crippen LogP contribution in [0.1, 0.15) is 24.8 Å². The molecule has 2 fully saturated rings. The summed E-state index contributed by atoms with van der Waals surface area (Å²) in [7, 11) is 4.62. The van der Waals surface area contributed by atoms with Gasteiger partial charge in [-0.25, -0.2) is 8.42 Å². The summed E-state index contributed by atoms with van der Waals surface area (Å²) in [6, 6.07) is 4.01. The molecular weight excluding hydrogens is 484 g/mol. The Bertz CT molecular complexity index is 997. The number of nitrogens with zero attached hydrogens (tertiary/aromatic N) is 4. The summed E-state index contributed by atoms with van der Waals surface area (Å²) >= 11 is 0. The van der Waals surface area contributed by atoms with Crippen LogP contribution in [0.2, 0.25) is 0 Å². The van der Waals surface area contributed by atoms with Gasteiger partial charge < -0.3 is 24.0 Å². The second-order valence-corrected chi connectivity index (χ2v) is 11.8. The molecule has 2 aliphatic heterocycles. The van der Waals surface area contributed by atoms with Crippen LogP contribution in [0.4, 0.5) is 0 Å². The van der Waals surface area contributed by atoms with Gasteiger partial charge in [0.2, 0.25) is 15.9 Å². The van der Waals surface area contributed by atoms with Crippen LogP contribution >= 0.6 is 0 Å². The Balaban J connectivity index is 1.46. The molecule has 1 amide bonds. The predicted molar refractivity (Wildman–Crippen MR) is 138 cm³/mol. The zero-order valence-electron chi connectivity index (χ0n) is 22.5. The molecule has 1 atom stereocenters. The van der Waals surface area contributed by atoms with Crippen LogP contribution < -0.4 is 9.47 Å². The van der Waals surface area contributed by atoms with E-state index in [4.69, 9.17) is 14.2 Å². The average Bonchev–Trinajstić information content (AvgIpc) is 3.35. The van der Waals surface area contributed by atoms with E-state index >= 15 is 0 Å². The lowest BCUT2D eigenvalue weighted by Gasteiger charge is -2.35. The minimum atomic E-state index is -3.82. The van der Waals surface area contributed by atoms with E-state index in [1.54, 1.807) is 24.0 Å². The number of ether oxygens (including phenoxy) is 3. The number of carbonyl (C=O) groups is 1. The molecule has 2 saturated heterocycles. The van der Waals surface area contributed by atoms with Crippen molar-refractivity contribution in [1.29, 1.82) is 0 Å². The monoisotopic (exact) mass is 526 g/mol. The molecule has 0 N–H and O–H groups in total. The van der Waals surface area contributed by atoms with E-state index in [1.807, 2.05) is 7.05 Å². The fraction of sp³-hybridized carbons (Fsp3) is 0.720. The largest absolute Gasteiger partial charge is 0.497 e. The molecule has 1 aromatic rings. The van der Waals surface area contributed by atoms with Gasteiger partial charge >= 0.3 is 0 Å². The van der Waals surface area contributed by atoms with E-state index in [0.29, 0.717) is 17.4 Å². The first kappa shape index (κ1) is 28.6. The van der Waals surface area contributed by atoms with Crippen molar-refractivity contribution in [3.05, 3.63) is 17.7 Å². The van der Waals surface area contributed by atoms with Crippen molar-refractivity contribution in [2.24, 2.45) is 0 Å². The number of carbonyl (C=O) groups excluding carboxylic acids is 1. The van der Waals surface area contributed by atoms with E-state index in [2.05, 4.69) is 16.8 Å². The van der Waals surface area contributed by atoms with Gasteiger partial charge in [0.1, 0.15) is 23.0 Å². The molecule has 2 aliphatic rings. The highest BCUT2D eigenvalue weighted by atomic mass is 32.2. The van der Waals surface area contributed by atoms with Gasteiger partial charge in [-0.3, -0.25) is 9.69 Å². The zero-order chi connectivity index (χ0) is 26.5. The maximum Gasteiger partial charge on any atom is 0.248 e. The lowest BCUT2D eigenvalue weighted by Crippen LogP contribution is -2.45. The first-order chi connectivity index (χ1) is 17.1. The Hall–Kier alpha value is -1.92. The van der Waals surface area contributed by atoms with Crippen LogP contribution in [0.25, 0.3) is 0 Å². The normalized spacial score (nSPS) is 20.1. The first-order valence-electron chi connectivity index (χ1n) is 12.5. The Morgan fingerprint density at radius 2 is 1.78 bits per heavy atom. The molecule has 0 aromatic heterocycles. The summed E-state index contributed by atoms with van der Waals surface area (Å²) in [6.07, 6.45) is 3.34. The van der Waals surface area contributed by atoms with Crippen LogP contribution in [0.3, 0.4) is 0 Å². The number of aryl methyl sites for hydroxylation is 1. The number of methoxy groups -OCH3 is 2. The fourth-order valence-corrected chi connectivity index (χ4v) is 6.51. The number of benzene rings is 1. The number of likely N-dealkylation sites (N-methyl/N-ethyl adjacent to an activating group) is 2. The lowest BCUT2D eigenvalue weighted by molar-refractivity contribution is -0.136. The number of hydrogen-bond acceptors (Lipinski definition) is 8. The van der Waals surface area contributed by atoms with Gasteiger partial charge in [-0.15, -0.1) is 0 Å². The third-order valence-corrected chi connectivity index (χ3v) is 9.50. The van der Waals surface area contributed by atoms with Gasteiger partial charge in [0.25, 0.3) is 0 Å². The SMILES string of the molecule is COc1cc(C)c(S(=O)(=O)N(C)CCOCC(=O)N(C)[C@@H]2CCN(C3CCN(C)CC3)C2)c(OC)c1. The third kappa shape index (κ3) is 6.69. The molecule has 0 radical (unpaired) electrons. The molecule has 2 heterocycles. The summed E-state index contributed by atoms with van der Waals surface area (Å²) in [5.74, 6) is 0.666. The molecule has 36 heavy (non-hydrogen) atoms. The molecule has 1 aromatic carbocycles. The van der Waals surface area contributed by atoms with Crippen molar-refractivity contribution in [1.82, 2.24) is 19.0 Å². The lowest BCUT2D eigenvalue weighted by atomic mass is 10.0. The van der Waals surface area contributed by atoms with Gasteiger partial charge in [0.15, 0.2) is 0 Å². The number of sulfonamides is 1. The summed E-state index contributed by atoms with van der Waals surface area (Å²) in [5, 5.41) is 0. The molecule has 11 heteroatoms. The second kappa shape index (κ2) is 12.6. The minimum Gasteiger partial charge on any atom is -0.497 e. The van der Waals surface area contributed by atoms with Crippen molar-refractivity contribution >= 4 is 15.9 Å². The summed E-state index contributed by atoms with van der Waals surface area (Å²) < 4.78 is 43.7. The third-order valence-electron chi connectivity index (χ3n) is 7.45. The average molecular weight is 527 g/mol. The first-order valence-corrected chi connectivity index (χ1v) is 14.0. The molecular formula is C25H42N4O6S. The molecule has 204 valence electrons. The number of hydrogen-bond donors (Lipinski definition) is 0. The molecule has 3 rings (SSSR count). The molecule has 0 saturated carbocycles. The van der Waals surface area contributed by atoms with Crippen LogP contribution in [0, 0.1) is 6.92 Å². The van der Waals surface area contributed by atoms with Crippen molar-refractivity contribution in [2.45, 2.75) is 43.2 Å². The molecule has 0 unspecified atom stereocenters. The van der Waals surface area contributed by atoms with Crippen molar-refractivity contribution in [2.75, 3.05) is 81.3 Å². The van der Waals surface area contributed by atoms with E-state index in [0.717, 1.165) is 32.6 Å². The number of amides is 1. The van der Waals surface area contributed by atoms with Crippen LogP contribution in [0.15, 0.2) is 17.0 Å². The quantitative estimate of drug-likeness (QED) is 0.398. The van der Waals surface area contributed by atoms with Crippen molar-refractivity contribution < 1.29 is 27.4 Å². The van der Waals surface area contributed by atoms with E-state index in [1.165, 1.54) is 38.4 Å². The predicted octanol–water partition coefficient (Wildman–Crippen LogP) is 1.28. The van der Waals surface area contributed by atoms with Crippen LogP contribution in [-0.4, -0.2) is 127 Å². The van der Waals surface area contributed by atoms with Gasteiger partial charge in [-0.2, -0.15) is 4.31 Å². The Kier molecular flexibility index (Phi) is 9.99. The van der Waals surface area contributed by atoms with Gasteiger partial charge in [0.05, 0.1) is 20.8 Å². The van der Waals surface area contributed by atoms with E-state index < -0.39 is 10.0 Å². The van der Waals surface area contributed by atoms with Crippen LogP contribution in [-0.2, 0) is 19.6 Å².